The number of hydrogen-bond acceptors (Lipinski definition) is 2. The lowest BCUT2D eigenvalue weighted by atomic mass is 9.84. The van der Waals surface area contributed by atoms with Crippen LogP contribution in [-0.4, -0.2) is 34.3 Å². The van der Waals surface area contributed by atoms with Crippen molar-refractivity contribution in [1.82, 2.24) is 10.2 Å². The van der Waals surface area contributed by atoms with Crippen LogP contribution in [0.15, 0.2) is 0 Å². The second-order valence-corrected chi connectivity index (χ2v) is 7.37. The first-order chi connectivity index (χ1) is 9.84. The molecule has 0 radical (unpaired) electrons. The average molecular weight is 294 g/mol. The molecular formula is C17H30N2O2. The molecular weight excluding hydrogens is 264 g/mol. The molecule has 0 aromatic heterocycles. The number of carbonyl (C=O) groups excluding carboxylic acids is 2. The summed E-state index contributed by atoms with van der Waals surface area (Å²) in [5.41, 5.74) is -1.40. The molecule has 1 saturated carbocycles. The maximum atomic E-state index is 12.8. The number of unbranched alkanes of at least 4 members (excludes halogenated alkanes) is 4. The highest BCUT2D eigenvalue weighted by Crippen LogP contribution is 2.45. The molecule has 1 saturated heterocycles. The van der Waals surface area contributed by atoms with Gasteiger partial charge in [0.2, 0.25) is 11.8 Å². The van der Waals surface area contributed by atoms with Crippen LogP contribution in [0.25, 0.3) is 0 Å². The molecule has 0 aromatic rings. The first-order valence-electron chi connectivity index (χ1n) is 8.48. The van der Waals surface area contributed by atoms with E-state index in [9.17, 15) is 9.59 Å². The highest BCUT2D eigenvalue weighted by Gasteiger charge is 2.58. The summed E-state index contributed by atoms with van der Waals surface area (Å²) in [6.45, 7) is 8.49. The Bertz CT molecular complexity index is 415. The third kappa shape index (κ3) is 3.09. The molecule has 4 heteroatoms. The van der Waals surface area contributed by atoms with Gasteiger partial charge in [0.15, 0.2) is 0 Å². The summed E-state index contributed by atoms with van der Waals surface area (Å²) in [6.07, 6.45) is 7.94. The molecule has 1 heterocycles. The van der Waals surface area contributed by atoms with Gasteiger partial charge in [-0.2, -0.15) is 0 Å². The molecule has 120 valence electrons. The van der Waals surface area contributed by atoms with Crippen molar-refractivity contribution < 1.29 is 9.59 Å². The van der Waals surface area contributed by atoms with Gasteiger partial charge in [-0.15, -0.1) is 0 Å². The van der Waals surface area contributed by atoms with Gasteiger partial charge in [0.1, 0.15) is 11.1 Å². The number of hydrogen-bond donors (Lipinski definition) is 1. The highest BCUT2D eigenvalue weighted by atomic mass is 16.2. The lowest BCUT2D eigenvalue weighted by Crippen LogP contribution is -2.74. The first kappa shape index (κ1) is 16.3. The van der Waals surface area contributed by atoms with E-state index < -0.39 is 11.1 Å². The van der Waals surface area contributed by atoms with Gasteiger partial charge in [0.05, 0.1) is 0 Å². The van der Waals surface area contributed by atoms with E-state index in [1.54, 1.807) is 0 Å². The second-order valence-electron chi connectivity index (χ2n) is 7.37. The van der Waals surface area contributed by atoms with Crippen LogP contribution in [0.1, 0.15) is 72.6 Å². The van der Waals surface area contributed by atoms with E-state index in [1.807, 2.05) is 25.7 Å². The molecule has 2 aliphatic rings. The standard InChI is InChI=1S/C17H30N2O2/c1-5-6-7-8-9-12-19-15(21)16(2,3)18-14(20)17(19,4)13-10-11-13/h13H,5-12H2,1-4H3,(H,18,20). The summed E-state index contributed by atoms with van der Waals surface area (Å²) in [7, 11) is 0. The van der Waals surface area contributed by atoms with Crippen molar-refractivity contribution >= 4 is 11.8 Å². The number of carbonyl (C=O) groups is 2. The number of rotatable bonds is 7. The Hall–Kier alpha value is -1.06. The lowest BCUT2D eigenvalue weighted by molar-refractivity contribution is -0.162. The minimum Gasteiger partial charge on any atom is -0.340 e. The minimum atomic E-state index is -0.769. The van der Waals surface area contributed by atoms with Crippen LogP contribution in [0.5, 0.6) is 0 Å². The van der Waals surface area contributed by atoms with Gasteiger partial charge < -0.3 is 10.2 Å². The summed E-state index contributed by atoms with van der Waals surface area (Å²) in [5, 5.41) is 2.93. The van der Waals surface area contributed by atoms with Gasteiger partial charge in [-0.25, -0.2) is 0 Å². The molecule has 1 atom stereocenters. The fraction of sp³-hybridized carbons (Fsp3) is 0.882. The first-order valence-corrected chi connectivity index (χ1v) is 8.48. The zero-order chi connectivity index (χ0) is 15.7. The van der Waals surface area contributed by atoms with E-state index in [4.69, 9.17) is 0 Å². The predicted octanol–water partition coefficient (Wildman–Crippen LogP) is 2.86. The molecule has 1 aliphatic heterocycles. The summed E-state index contributed by atoms with van der Waals surface area (Å²) >= 11 is 0. The van der Waals surface area contributed by atoms with Crippen LogP contribution >= 0.6 is 0 Å². The molecule has 0 aromatic carbocycles. The Morgan fingerprint density at radius 1 is 1.10 bits per heavy atom. The highest BCUT2D eigenvalue weighted by molar-refractivity contribution is 6.02. The van der Waals surface area contributed by atoms with Gasteiger partial charge in [-0.3, -0.25) is 9.59 Å². The van der Waals surface area contributed by atoms with E-state index in [2.05, 4.69) is 12.2 Å². The van der Waals surface area contributed by atoms with Gasteiger partial charge in [-0.05, 0) is 46.0 Å². The monoisotopic (exact) mass is 294 g/mol. The maximum absolute atomic E-state index is 12.8. The molecule has 21 heavy (non-hydrogen) atoms. The van der Waals surface area contributed by atoms with Crippen molar-refractivity contribution in [3.05, 3.63) is 0 Å². The molecule has 1 N–H and O–H groups in total. The third-order valence-electron chi connectivity index (χ3n) is 5.08. The molecule has 0 bridgehead atoms. The van der Waals surface area contributed by atoms with E-state index in [1.165, 1.54) is 19.3 Å². The molecule has 4 nitrogen and oxygen atoms in total. The van der Waals surface area contributed by atoms with Crippen LogP contribution in [-0.2, 0) is 9.59 Å². The Labute approximate surface area is 128 Å². The smallest absolute Gasteiger partial charge is 0.248 e. The Morgan fingerprint density at radius 3 is 2.29 bits per heavy atom. The van der Waals surface area contributed by atoms with Crippen LogP contribution in [0.2, 0.25) is 0 Å². The predicted molar refractivity (Wildman–Crippen MR) is 83.8 cm³/mol. The molecule has 2 fully saturated rings. The van der Waals surface area contributed by atoms with Crippen molar-refractivity contribution in [3.8, 4) is 0 Å². The number of piperazine rings is 1. The molecule has 1 aliphatic carbocycles. The van der Waals surface area contributed by atoms with E-state index in [0.717, 1.165) is 25.7 Å². The number of nitrogens with zero attached hydrogens (tertiary/aromatic N) is 1. The largest absolute Gasteiger partial charge is 0.340 e. The second kappa shape index (κ2) is 5.98. The number of nitrogens with one attached hydrogen (secondary N) is 1. The van der Waals surface area contributed by atoms with Gasteiger partial charge >= 0.3 is 0 Å². The third-order valence-corrected chi connectivity index (χ3v) is 5.08. The van der Waals surface area contributed by atoms with Crippen LogP contribution in [0, 0.1) is 5.92 Å². The van der Waals surface area contributed by atoms with E-state index in [-0.39, 0.29) is 11.8 Å². The summed E-state index contributed by atoms with van der Waals surface area (Å²) in [5.74, 6) is 0.448. The van der Waals surface area contributed by atoms with Crippen molar-refractivity contribution in [2.45, 2.75) is 83.7 Å². The van der Waals surface area contributed by atoms with Crippen molar-refractivity contribution in [3.63, 3.8) is 0 Å². The minimum absolute atomic E-state index is 0.0307. The summed E-state index contributed by atoms with van der Waals surface area (Å²) in [6, 6.07) is 0. The van der Waals surface area contributed by atoms with Gasteiger partial charge in [0, 0.05) is 6.54 Å². The van der Waals surface area contributed by atoms with Crippen LogP contribution in [0.4, 0.5) is 0 Å². The van der Waals surface area contributed by atoms with E-state index >= 15 is 0 Å². The Morgan fingerprint density at radius 2 is 1.71 bits per heavy atom. The molecule has 2 rings (SSSR count). The molecule has 2 amide bonds. The van der Waals surface area contributed by atoms with Gasteiger partial charge in [0.25, 0.3) is 0 Å². The van der Waals surface area contributed by atoms with Crippen molar-refractivity contribution in [2.24, 2.45) is 5.92 Å². The Kier molecular flexibility index (Phi) is 4.64. The van der Waals surface area contributed by atoms with Crippen molar-refractivity contribution in [2.75, 3.05) is 6.54 Å². The normalized spacial score (nSPS) is 28.7. The maximum Gasteiger partial charge on any atom is 0.248 e. The quantitative estimate of drug-likeness (QED) is 0.734. The van der Waals surface area contributed by atoms with Crippen LogP contribution < -0.4 is 5.32 Å². The van der Waals surface area contributed by atoms with E-state index in [0.29, 0.717) is 12.5 Å². The summed E-state index contributed by atoms with van der Waals surface area (Å²) in [4.78, 5) is 27.3. The van der Waals surface area contributed by atoms with Crippen LogP contribution in [0.3, 0.4) is 0 Å². The lowest BCUT2D eigenvalue weighted by Gasteiger charge is -2.49. The fourth-order valence-corrected chi connectivity index (χ4v) is 3.39. The SMILES string of the molecule is CCCCCCCN1C(=O)C(C)(C)NC(=O)C1(C)C1CC1. The van der Waals surface area contributed by atoms with Gasteiger partial charge in [-0.1, -0.05) is 32.6 Å². The average Bonchev–Trinajstić information content (AvgIpc) is 3.24. The Balaban J connectivity index is 2.07. The topological polar surface area (TPSA) is 49.4 Å². The summed E-state index contributed by atoms with van der Waals surface area (Å²) < 4.78 is 0. The number of amides is 2. The molecule has 0 spiro atoms. The fourth-order valence-electron chi connectivity index (χ4n) is 3.39. The zero-order valence-electron chi connectivity index (χ0n) is 14.0. The van der Waals surface area contributed by atoms with Crippen molar-refractivity contribution in [1.29, 1.82) is 0 Å². The zero-order valence-corrected chi connectivity index (χ0v) is 14.0. The molecule has 1 unspecified atom stereocenters.